The third-order valence-corrected chi connectivity index (χ3v) is 3.09. The van der Waals surface area contributed by atoms with Gasteiger partial charge in [0.1, 0.15) is 6.61 Å². The number of piperidine rings is 1. The number of likely N-dealkylation sites (tertiary alicyclic amines) is 1. The normalized spacial score (nSPS) is 24.2. The maximum Gasteiger partial charge on any atom is 0.410 e. The van der Waals surface area contributed by atoms with Crippen molar-refractivity contribution in [3.63, 3.8) is 0 Å². The van der Waals surface area contributed by atoms with Gasteiger partial charge < -0.3 is 14.7 Å². The number of carboxylic acid groups (broad SMARTS) is 1. The standard InChI is InChI=1S/C12H19NO4/c1-3-7-17-12(16)13-8-9(11(14)15)5-6-10(13)4-2/h3,9-10H,1,4-8H2,2H3,(H,14,15). The Labute approximate surface area is 101 Å². The van der Waals surface area contributed by atoms with Crippen LogP contribution < -0.4 is 0 Å². The predicted octanol–water partition coefficient (Wildman–Crippen LogP) is 1.88. The first-order chi connectivity index (χ1) is 8.10. The van der Waals surface area contributed by atoms with Gasteiger partial charge in [-0.1, -0.05) is 19.6 Å². The number of carbonyl (C=O) groups excluding carboxylic acids is 1. The van der Waals surface area contributed by atoms with Crippen molar-refractivity contribution >= 4 is 12.1 Å². The van der Waals surface area contributed by atoms with E-state index in [0.717, 1.165) is 12.8 Å². The van der Waals surface area contributed by atoms with Crippen LogP contribution in [0.5, 0.6) is 0 Å². The molecular formula is C12H19NO4. The Morgan fingerprint density at radius 2 is 2.24 bits per heavy atom. The fourth-order valence-electron chi connectivity index (χ4n) is 2.09. The molecule has 0 aromatic carbocycles. The Morgan fingerprint density at radius 1 is 1.53 bits per heavy atom. The molecule has 1 aliphatic rings. The first-order valence-corrected chi connectivity index (χ1v) is 5.87. The molecule has 1 aliphatic heterocycles. The molecule has 0 aromatic heterocycles. The van der Waals surface area contributed by atoms with Crippen molar-refractivity contribution in [1.82, 2.24) is 4.90 Å². The molecule has 1 saturated heterocycles. The third kappa shape index (κ3) is 3.47. The van der Waals surface area contributed by atoms with Crippen molar-refractivity contribution in [2.75, 3.05) is 13.2 Å². The molecular weight excluding hydrogens is 222 g/mol. The average Bonchev–Trinajstić information content (AvgIpc) is 2.34. The van der Waals surface area contributed by atoms with Crippen LogP contribution in [0.2, 0.25) is 0 Å². The number of rotatable bonds is 4. The van der Waals surface area contributed by atoms with E-state index in [9.17, 15) is 9.59 Å². The highest BCUT2D eigenvalue weighted by Crippen LogP contribution is 2.24. The van der Waals surface area contributed by atoms with Crippen LogP contribution >= 0.6 is 0 Å². The molecule has 1 fully saturated rings. The highest BCUT2D eigenvalue weighted by atomic mass is 16.6. The van der Waals surface area contributed by atoms with E-state index in [1.54, 1.807) is 0 Å². The molecule has 2 atom stereocenters. The summed E-state index contributed by atoms with van der Waals surface area (Å²) in [6.07, 6.45) is 3.21. The summed E-state index contributed by atoms with van der Waals surface area (Å²) in [5, 5.41) is 8.98. The van der Waals surface area contributed by atoms with Gasteiger partial charge in [0.25, 0.3) is 0 Å². The number of carbonyl (C=O) groups is 2. The van der Waals surface area contributed by atoms with Gasteiger partial charge in [-0.05, 0) is 19.3 Å². The highest BCUT2D eigenvalue weighted by molar-refractivity contribution is 5.73. The molecule has 1 heterocycles. The van der Waals surface area contributed by atoms with Gasteiger partial charge in [0, 0.05) is 12.6 Å². The largest absolute Gasteiger partial charge is 0.481 e. The van der Waals surface area contributed by atoms with Crippen molar-refractivity contribution < 1.29 is 19.4 Å². The van der Waals surface area contributed by atoms with E-state index in [4.69, 9.17) is 9.84 Å². The quantitative estimate of drug-likeness (QED) is 0.763. The summed E-state index contributed by atoms with van der Waals surface area (Å²) >= 11 is 0. The van der Waals surface area contributed by atoms with Crippen LogP contribution in [0.4, 0.5) is 4.79 Å². The summed E-state index contributed by atoms with van der Waals surface area (Å²) in [5.74, 6) is -1.32. The summed E-state index contributed by atoms with van der Waals surface area (Å²) in [6.45, 7) is 5.85. The van der Waals surface area contributed by atoms with Crippen LogP contribution in [0.1, 0.15) is 26.2 Å². The molecule has 17 heavy (non-hydrogen) atoms. The summed E-state index contributed by atoms with van der Waals surface area (Å²) < 4.78 is 4.97. The first kappa shape index (κ1) is 13.5. The molecule has 0 radical (unpaired) electrons. The second-order valence-corrected chi connectivity index (χ2v) is 4.19. The maximum absolute atomic E-state index is 11.8. The Morgan fingerprint density at radius 3 is 2.76 bits per heavy atom. The van der Waals surface area contributed by atoms with E-state index >= 15 is 0 Å². The Hall–Kier alpha value is -1.52. The number of hydrogen-bond donors (Lipinski definition) is 1. The van der Waals surface area contributed by atoms with Crippen molar-refractivity contribution in [2.45, 2.75) is 32.2 Å². The van der Waals surface area contributed by atoms with Crippen LogP contribution in [0, 0.1) is 5.92 Å². The summed E-state index contributed by atoms with van der Waals surface area (Å²) in [5.41, 5.74) is 0. The number of carboxylic acids is 1. The number of hydrogen-bond acceptors (Lipinski definition) is 3. The van der Waals surface area contributed by atoms with Crippen molar-refractivity contribution in [1.29, 1.82) is 0 Å². The Balaban J connectivity index is 2.65. The molecule has 1 amide bonds. The topological polar surface area (TPSA) is 66.8 Å². The van der Waals surface area contributed by atoms with E-state index in [-0.39, 0.29) is 19.2 Å². The van der Waals surface area contributed by atoms with Crippen molar-refractivity contribution in [2.24, 2.45) is 5.92 Å². The number of ether oxygens (including phenoxy) is 1. The van der Waals surface area contributed by atoms with Crippen LogP contribution in [0.3, 0.4) is 0 Å². The van der Waals surface area contributed by atoms with Gasteiger partial charge in [0.2, 0.25) is 0 Å². The number of aliphatic carboxylic acids is 1. The van der Waals surface area contributed by atoms with E-state index < -0.39 is 18.0 Å². The lowest BCUT2D eigenvalue weighted by atomic mass is 9.92. The van der Waals surface area contributed by atoms with Crippen LogP contribution in [-0.2, 0) is 9.53 Å². The molecule has 1 rings (SSSR count). The van der Waals surface area contributed by atoms with E-state index in [1.165, 1.54) is 11.0 Å². The lowest BCUT2D eigenvalue weighted by molar-refractivity contribution is -0.143. The maximum atomic E-state index is 11.8. The van der Waals surface area contributed by atoms with Crippen LogP contribution in [0.15, 0.2) is 12.7 Å². The Kier molecular flexibility index (Phi) is 5.00. The number of amides is 1. The van der Waals surface area contributed by atoms with Gasteiger partial charge >= 0.3 is 12.1 Å². The lowest BCUT2D eigenvalue weighted by Gasteiger charge is -2.37. The smallest absolute Gasteiger partial charge is 0.410 e. The van der Waals surface area contributed by atoms with Crippen molar-refractivity contribution in [3.8, 4) is 0 Å². The summed E-state index contributed by atoms with van der Waals surface area (Å²) in [7, 11) is 0. The molecule has 1 N–H and O–H groups in total. The molecule has 0 spiro atoms. The van der Waals surface area contributed by atoms with E-state index in [2.05, 4.69) is 6.58 Å². The predicted molar refractivity (Wildman–Crippen MR) is 62.7 cm³/mol. The molecule has 0 bridgehead atoms. The minimum Gasteiger partial charge on any atom is -0.481 e. The second-order valence-electron chi connectivity index (χ2n) is 4.19. The van der Waals surface area contributed by atoms with E-state index in [0.29, 0.717) is 6.42 Å². The highest BCUT2D eigenvalue weighted by Gasteiger charge is 2.34. The SMILES string of the molecule is C=CCOC(=O)N1CC(C(=O)O)CCC1CC. The van der Waals surface area contributed by atoms with Gasteiger partial charge in [0.15, 0.2) is 0 Å². The molecule has 2 unspecified atom stereocenters. The minimum atomic E-state index is -0.846. The zero-order valence-corrected chi connectivity index (χ0v) is 10.1. The Bertz CT molecular complexity index is 303. The second kappa shape index (κ2) is 6.27. The molecule has 0 aliphatic carbocycles. The summed E-state index contributed by atoms with van der Waals surface area (Å²) in [6, 6.07) is 0.0860. The van der Waals surface area contributed by atoms with Crippen LogP contribution in [-0.4, -0.2) is 41.3 Å². The average molecular weight is 241 g/mol. The van der Waals surface area contributed by atoms with Gasteiger partial charge in [-0.25, -0.2) is 4.79 Å². The molecule has 0 aromatic rings. The third-order valence-electron chi connectivity index (χ3n) is 3.09. The lowest BCUT2D eigenvalue weighted by Crippen LogP contribution is -2.48. The van der Waals surface area contributed by atoms with Crippen LogP contribution in [0.25, 0.3) is 0 Å². The van der Waals surface area contributed by atoms with Gasteiger partial charge in [-0.3, -0.25) is 4.79 Å². The molecule has 0 saturated carbocycles. The van der Waals surface area contributed by atoms with E-state index in [1.807, 2.05) is 6.92 Å². The number of nitrogens with zero attached hydrogens (tertiary/aromatic N) is 1. The van der Waals surface area contributed by atoms with Gasteiger partial charge in [-0.15, -0.1) is 0 Å². The van der Waals surface area contributed by atoms with Gasteiger partial charge in [-0.2, -0.15) is 0 Å². The summed E-state index contributed by atoms with van der Waals surface area (Å²) in [4.78, 5) is 24.2. The fraction of sp³-hybridized carbons (Fsp3) is 0.667. The zero-order valence-electron chi connectivity index (χ0n) is 10.1. The molecule has 5 heteroatoms. The monoisotopic (exact) mass is 241 g/mol. The molecule has 5 nitrogen and oxygen atoms in total. The fourth-order valence-corrected chi connectivity index (χ4v) is 2.09. The first-order valence-electron chi connectivity index (χ1n) is 5.87. The van der Waals surface area contributed by atoms with Crippen molar-refractivity contribution in [3.05, 3.63) is 12.7 Å². The molecule has 96 valence electrons. The zero-order chi connectivity index (χ0) is 12.8. The van der Waals surface area contributed by atoms with Gasteiger partial charge in [0.05, 0.1) is 5.92 Å². The minimum absolute atomic E-state index is 0.0860.